The van der Waals surface area contributed by atoms with E-state index in [0.29, 0.717) is 44.3 Å². The fourth-order valence-electron chi connectivity index (χ4n) is 3.86. The Kier molecular flexibility index (Phi) is 23.9. The molecule has 0 radical (unpaired) electrons. The Hall–Kier alpha value is -3.99. The molecule has 48 heavy (non-hydrogen) atoms. The number of rotatable bonds is 20. The second kappa shape index (κ2) is 26.0. The number of nitrogens with two attached hydrogens (primary N) is 1. The van der Waals surface area contributed by atoms with Gasteiger partial charge in [0, 0.05) is 32.2 Å². The van der Waals surface area contributed by atoms with Crippen LogP contribution in [-0.2, 0) is 35.3 Å². The Labute approximate surface area is 291 Å². The molecule has 7 N–H and O–H groups in total. The van der Waals surface area contributed by atoms with Crippen LogP contribution in [0.4, 0.5) is 15.3 Å². The van der Waals surface area contributed by atoms with Crippen molar-refractivity contribution in [2.75, 3.05) is 32.0 Å². The Morgan fingerprint density at radius 3 is 2.17 bits per heavy atom. The summed E-state index contributed by atoms with van der Waals surface area (Å²) in [5.41, 5.74) is 5.97. The lowest BCUT2D eigenvalue weighted by molar-refractivity contribution is -0.138. The van der Waals surface area contributed by atoms with Gasteiger partial charge in [0.15, 0.2) is 0 Å². The molecule has 0 aliphatic heterocycles. The number of thiol groups is 1. The highest BCUT2D eigenvalue weighted by molar-refractivity contribution is 8.69. The highest BCUT2D eigenvalue weighted by Gasteiger charge is 2.25. The van der Waals surface area contributed by atoms with Gasteiger partial charge < -0.3 is 37.1 Å². The summed E-state index contributed by atoms with van der Waals surface area (Å²) in [6.45, 7) is 8.14. The molecule has 1 rings (SSSR count). The molecule has 2 unspecified atom stereocenters. The van der Waals surface area contributed by atoms with E-state index < -0.39 is 30.0 Å². The van der Waals surface area contributed by atoms with E-state index >= 15 is 0 Å². The minimum Gasteiger partial charge on any atom is -0.445 e. The summed E-state index contributed by atoms with van der Waals surface area (Å²) in [4.78, 5) is 83.2. The van der Waals surface area contributed by atoms with Crippen molar-refractivity contribution < 1.29 is 38.3 Å². The van der Waals surface area contributed by atoms with E-state index in [1.807, 2.05) is 13.8 Å². The highest BCUT2D eigenvalue weighted by atomic mass is 33.1. The van der Waals surface area contributed by atoms with Gasteiger partial charge in [0.2, 0.25) is 30.0 Å². The smallest absolute Gasteiger partial charge is 0.407 e. The van der Waals surface area contributed by atoms with Crippen molar-refractivity contribution in [1.29, 1.82) is 0 Å². The van der Waals surface area contributed by atoms with E-state index in [-0.39, 0.29) is 49.1 Å². The number of ether oxygens (including phenoxy) is 1. The number of hydrogen-bond acceptors (Lipinski definition) is 10. The summed E-state index contributed by atoms with van der Waals surface area (Å²) in [7, 11) is 2.57. The number of urea groups is 1. The van der Waals surface area contributed by atoms with Crippen LogP contribution in [0, 0.1) is 5.92 Å². The predicted molar refractivity (Wildman–Crippen MR) is 189 cm³/mol. The van der Waals surface area contributed by atoms with Crippen LogP contribution in [0.15, 0.2) is 24.3 Å². The molecule has 0 aromatic heterocycles. The zero-order chi connectivity index (χ0) is 36.5. The first-order chi connectivity index (χ1) is 22.8. The number of benzene rings is 1. The molecule has 0 saturated carbocycles. The molecule has 0 spiro atoms. The molecule has 0 saturated heterocycles. The van der Waals surface area contributed by atoms with Gasteiger partial charge in [-0.2, -0.15) is 0 Å². The van der Waals surface area contributed by atoms with Gasteiger partial charge in [0.1, 0.15) is 12.6 Å². The molecule has 0 fully saturated rings. The van der Waals surface area contributed by atoms with Crippen molar-refractivity contribution in [1.82, 2.24) is 26.2 Å². The van der Waals surface area contributed by atoms with Gasteiger partial charge in [-0.15, -0.1) is 11.7 Å². The van der Waals surface area contributed by atoms with E-state index in [1.165, 1.54) is 7.05 Å². The molecule has 0 heterocycles. The lowest BCUT2D eigenvalue weighted by Crippen LogP contribution is -2.51. The van der Waals surface area contributed by atoms with E-state index in [4.69, 9.17) is 10.5 Å². The van der Waals surface area contributed by atoms with Crippen LogP contribution in [0.3, 0.4) is 0 Å². The molecule has 15 nitrogen and oxygen atoms in total. The standard InChI is InChI=1S/C27H41N5O7S2.C4H10N2O/c1-5-21(41-40)26(37)32(17-33)14-8-6-7-9-22(34)31-24(18(2)3)25(36)29-15-23(35)30-20-12-10-19(11-13-20)16-39-27(38)28-4;1-2-3-6-4(5)7/h10-13,17-18,21,24,40H,5-9,14-16H2,1-4H3,(H,28,38)(H,29,36)(H,30,35)(H,31,34);2-3H2,1H3,(H3,5,6,7). The van der Waals surface area contributed by atoms with Gasteiger partial charge in [0.05, 0.1) is 11.8 Å². The molecule has 0 aliphatic rings. The maximum absolute atomic E-state index is 12.7. The van der Waals surface area contributed by atoms with E-state index in [0.717, 1.165) is 27.7 Å². The van der Waals surface area contributed by atoms with Gasteiger partial charge in [-0.05, 0) is 49.3 Å². The molecule has 0 aliphatic carbocycles. The van der Waals surface area contributed by atoms with E-state index in [1.54, 1.807) is 38.1 Å². The summed E-state index contributed by atoms with van der Waals surface area (Å²) in [5.74, 6) is -1.71. The Balaban J connectivity index is 0.00000282. The zero-order valence-electron chi connectivity index (χ0n) is 28.3. The van der Waals surface area contributed by atoms with Crippen molar-refractivity contribution in [2.24, 2.45) is 11.7 Å². The largest absolute Gasteiger partial charge is 0.445 e. The lowest BCUT2D eigenvalue weighted by atomic mass is 10.0. The van der Waals surface area contributed by atoms with Crippen LogP contribution in [0.2, 0.25) is 0 Å². The second-order valence-corrected chi connectivity index (χ2v) is 12.2. The maximum atomic E-state index is 12.7. The third-order valence-electron chi connectivity index (χ3n) is 6.54. The van der Waals surface area contributed by atoms with Crippen LogP contribution >= 0.6 is 22.5 Å². The first-order valence-electron chi connectivity index (χ1n) is 15.7. The van der Waals surface area contributed by atoms with Gasteiger partial charge in [-0.1, -0.05) is 57.0 Å². The van der Waals surface area contributed by atoms with Crippen LogP contribution in [0.1, 0.15) is 71.8 Å². The number of primary amides is 1. The number of alkyl carbamates (subject to hydrolysis) is 1. The summed E-state index contributed by atoms with van der Waals surface area (Å²) < 4.78 is 4.96. The molecular weight excluding hydrogens is 663 g/mol. The summed E-state index contributed by atoms with van der Waals surface area (Å²) in [6, 6.07) is 5.44. The number of imide groups is 1. The molecule has 0 bridgehead atoms. The number of carbonyl (C=O) groups is 7. The van der Waals surface area contributed by atoms with Crippen molar-refractivity contribution in [3.8, 4) is 0 Å². The first-order valence-corrected chi connectivity index (χ1v) is 17.7. The number of unbranched alkanes of at least 4 members (excludes halogenated alkanes) is 2. The van der Waals surface area contributed by atoms with Gasteiger partial charge in [0.25, 0.3) is 0 Å². The second-order valence-electron chi connectivity index (χ2n) is 10.8. The van der Waals surface area contributed by atoms with Gasteiger partial charge in [-0.25, -0.2) is 9.59 Å². The zero-order valence-corrected chi connectivity index (χ0v) is 30.0. The quantitative estimate of drug-likeness (QED) is 0.0457. The van der Waals surface area contributed by atoms with Crippen LogP contribution in [0.5, 0.6) is 0 Å². The molecule has 1 aromatic rings. The predicted octanol–water partition coefficient (Wildman–Crippen LogP) is 2.70. The molecule has 1 aromatic carbocycles. The molecule has 8 amide bonds. The van der Waals surface area contributed by atoms with Crippen molar-refractivity contribution >= 4 is 70.3 Å². The van der Waals surface area contributed by atoms with Crippen molar-refractivity contribution in [3.05, 3.63) is 29.8 Å². The fraction of sp³-hybridized carbons (Fsp3) is 0.581. The Morgan fingerprint density at radius 2 is 1.67 bits per heavy atom. The number of nitrogens with zero attached hydrogens (tertiary/aromatic N) is 1. The average molecular weight is 714 g/mol. The third kappa shape index (κ3) is 19.6. The Morgan fingerprint density at radius 1 is 1.00 bits per heavy atom. The number of nitrogens with one attached hydrogen (secondary N) is 5. The number of carbonyl (C=O) groups excluding carboxylic acids is 7. The molecular formula is C31H51N7O8S2. The van der Waals surface area contributed by atoms with Crippen molar-refractivity contribution in [3.63, 3.8) is 0 Å². The monoisotopic (exact) mass is 713 g/mol. The van der Waals surface area contributed by atoms with Crippen LogP contribution in [0.25, 0.3) is 0 Å². The maximum Gasteiger partial charge on any atom is 0.407 e. The topological polar surface area (TPSA) is 218 Å². The van der Waals surface area contributed by atoms with Crippen LogP contribution < -0.4 is 32.3 Å². The van der Waals surface area contributed by atoms with Crippen LogP contribution in [-0.4, -0.2) is 85.0 Å². The fourth-order valence-corrected chi connectivity index (χ4v) is 4.95. The molecule has 17 heteroatoms. The summed E-state index contributed by atoms with van der Waals surface area (Å²) >= 11 is 4.08. The van der Waals surface area contributed by atoms with E-state index in [2.05, 4.69) is 38.2 Å². The minimum atomic E-state index is -0.817. The highest BCUT2D eigenvalue weighted by Crippen LogP contribution is 2.20. The van der Waals surface area contributed by atoms with Gasteiger partial charge in [-0.3, -0.25) is 28.9 Å². The average Bonchev–Trinajstić information content (AvgIpc) is 3.06. The third-order valence-corrected chi connectivity index (χ3v) is 8.09. The molecule has 2 atom stereocenters. The van der Waals surface area contributed by atoms with E-state index in [9.17, 15) is 33.6 Å². The molecule has 270 valence electrons. The Bertz CT molecular complexity index is 1170. The SMILES string of the molecule is CCC(SS)C(=O)N(C=O)CCCCCC(=O)NC(C(=O)NCC(=O)Nc1ccc(COC(=O)NC)cc1)C(C)C.CCCNC(N)=O. The number of amides is 8. The number of anilines is 1. The summed E-state index contributed by atoms with van der Waals surface area (Å²) in [6.07, 6.45) is 3.36. The van der Waals surface area contributed by atoms with Crippen molar-refractivity contribution in [2.45, 2.75) is 84.1 Å². The lowest BCUT2D eigenvalue weighted by Gasteiger charge is -2.22. The first kappa shape index (κ1) is 44.0. The normalized spacial score (nSPS) is 11.5. The number of hydrogen-bond donors (Lipinski definition) is 7. The van der Waals surface area contributed by atoms with Gasteiger partial charge >= 0.3 is 12.1 Å². The minimum absolute atomic E-state index is 0.0848. The summed E-state index contributed by atoms with van der Waals surface area (Å²) in [5, 5.41) is 12.4.